The van der Waals surface area contributed by atoms with Crippen LogP contribution in [-0.4, -0.2) is 77.0 Å². The molecule has 0 aliphatic rings. The molecule has 2 radical (unpaired) electrons. The Morgan fingerprint density at radius 2 is 0.818 bits per heavy atom. The van der Waals surface area contributed by atoms with Crippen molar-refractivity contribution in [1.82, 2.24) is 10.5 Å². The number of hydrogen-bond acceptors (Lipinski definition) is 10. The van der Waals surface area contributed by atoms with E-state index in [1.807, 2.05) is 0 Å². The second kappa shape index (κ2) is 13.9. The SMILES string of the molecule is CC(=O)ON(CCN(OC(C)=O)OC(C)=O)OC(C)=O.[Cu].[Na]. The van der Waals surface area contributed by atoms with Gasteiger partial charge in [-0.1, -0.05) is 0 Å². The van der Waals surface area contributed by atoms with Crippen LogP contribution in [0, 0.1) is 0 Å². The number of rotatable bonds is 7. The van der Waals surface area contributed by atoms with Crippen molar-refractivity contribution in [2.75, 3.05) is 13.1 Å². The van der Waals surface area contributed by atoms with Crippen molar-refractivity contribution in [3.63, 3.8) is 0 Å². The Labute approximate surface area is 159 Å². The average molecular weight is 379 g/mol. The average Bonchev–Trinajstić information content (AvgIpc) is 2.22. The molecule has 0 saturated carbocycles. The summed E-state index contributed by atoms with van der Waals surface area (Å²) in [6.45, 7) is 3.97. The van der Waals surface area contributed by atoms with Crippen LogP contribution in [0.25, 0.3) is 0 Å². The van der Waals surface area contributed by atoms with Crippen molar-refractivity contribution in [3.05, 3.63) is 0 Å². The molecule has 0 saturated heterocycles. The molecule has 0 aliphatic carbocycles. The van der Waals surface area contributed by atoms with Crippen LogP contribution in [0.4, 0.5) is 0 Å². The molecule has 126 valence electrons. The van der Waals surface area contributed by atoms with E-state index in [1.54, 1.807) is 0 Å². The largest absolute Gasteiger partial charge is 0.333 e. The molecule has 0 amide bonds. The van der Waals surface area contributed by atoms with E-state index < -0.39 is 23.9 Å². The second-order valence-electron chi connectivity index (χ2n) is 3.44. The van der Waals surface area contributed by atoms with Crippen LogP contribution in [0.5, 0.6) is 0 Å². The molecule has 0 fully saturated rings. The molecule has 0 aromatic rings. The molecule has 0 atom stereocenters. The molecule has 0 aromatic carbocycles. The van der Waals surface area contributed by atoms with E-state index in [-0.39, 0.29) is 59.7 Å². The van der Waals surface area contributed by atoms with E-state index in [4.69, 9.17) is 0 Å². The fourth-order valence-electron chi connectivity index (χ4n) is 0.957. The standard InChI is InChI=1S/C10H16N2O8.Cu.Na/c1-7(13)17-11(18-8(2)14)5-6-12(19-9(3)15)20-10(4)16;;/h5-6H2,1-4H3;;. The molecule has 0 aliphatic heterocycles. The van der Waals surface area contributed by atoms with E-state index in [0.29, 0.717) is 10.5 Å². The van der Waals surface area contributed by atoms with Crippen LogP contribution in [0.15, 0.2) is 0 Å². The van der Waals surface area contributed by atoms with Gasteiger partial charge in [0.1, 0.15) is 0 Å². The minimum absolute atomic E-state index is 0. The van der Waals surface area contributed by atoms with Crippen molar-refractivity contribution >= 4 is 53.4 Å². The van der Waals surface area contributed by atoms with E-state index in [0.717, 1.165) is 27.7 Å². The van der Waals surface area contributed by atoms with Gasteiger partial charge in [0.2, 0.25) is 0 Å². The van der Waals surface area contributed by atoms with Crippen molar-refractivity contribution in [1.29, 1.82) is 0 Å². The van der Waals surface area contributed by atoms with E-state index in [9.17, 15) is 19.2 Å². The number of hydroxylamine groups is 4. The third-order valence-corrected chi connectivity index (χ3v) is 1.39. The summed E-state index contributed by atoms with van der Waals surface area (Å²) in [6.07, 6.45) is 0. The van der Waals surface area contributed by atoms with Gasteiger partial charge in [0.05, 0.1) is 13.1 Å². The molecule has 0 heterocycles. The first-order valence-corrected chi connectivity index (χ1v) is 5.50. The minimum atomic E-state index is -0.724. The zero-order chi connectivity index (χ0) is 15.7. The topological polar surface area (TPSA) is 112 Å². The summed E-state index contributed by atoms with van der Waals surface area (Å²) in [5, 5.41) is 1.15. The van der Waals surface area contributed by atoms with E-state index in [1.165, 1.54) is 0 Å². The van der Waals surface area contributed by atoms with Gasteiger partial charge in [-0.25, -0.2) is 0 Å². The Balaban J connectivity index is -0.00000180. The molecule has 0 aromatic heterocycles. The smallest absolute Gasteiger partial charge is 0.326 e. The summed E-state index contributed by atoms with van der Waals surface area (Å²) in [5.41, 5.74) is 0. The number of nitrogens with zero attached hydrogens (tertiary/aromatic N) is 2. The fraction of sp³-hybridized carbons (Fsp3) is 0.600. The second-order valence-corrected chi connectivity index (χ2v) is 3.44. The monoisotopic (exact) mass is 378 g/mol. The maximum atomic E-state index is 10.8. The van der Waals surface area contributed by atoms with Gasteiger partial charge >= 0.3 is 23.9 Å². The summed E-state index contributed by atoms with van der Waals surface area (Å²) in [5.74, 6) is -2.90. The first kappa shape index (κ1) is 26.2. The molecule has 0 bridgehead atoms. The maximum Gasteiger partial charge on any atom is 0.326 e. The minimum Gasteiger partial charge on any atom is -0.333 e. The van der Waals surface area contributed by atoms with Gasteiger partial charge in [0, 0.05) is 84.8 Å². The summed E-state index contributed by atoms with van der Waals surface area (Å²) >= 11 is 0. The number of carbonyl (C=O) groups excluding carboxylic acids is 4. The first-order valence-electron chi connectivity index (χ1n) is 5.50. The molecule has 0 unspecified atom stereocenters. The molecule has 22 heavy (non-hydrogen) atoms. The van der Waals surface area contributed by atoms with E-state index >= 15 is 0 Å². The summed E-state index contributed by atoms with van der Waals surface area (Å²) in [6, 6.07) is 0. The van der Waals surface area contributed by atoms with Crippen molar-refractivity contribution < 1.29 is 55.6 Å². The Bertz CT molecular complexity index is 327. The summed E-state index contributed by atoms with van der Waals surface area (Å²) in [7, 11) is 0. The Morgan fingerprint density at radius 1 is 0.636 bits per heavy atom. The predicted octanol–water partition coefficient (Wildman–Crippen LogP) is -0.880. The Hall–Kier alpha value is -0.681. The van der Waals surface area contributed by atoms with Gasteiger partial charge in [-0.3, -0.25) is 19.2 Å². The fourth-order valence-corrected chi connectivity index (χ4v) is 0.957. The molecular formula is C10H16CuN2NaO8. The van der Waals surface area contributed by atoms with Gasteiger partial charge < -0.3 is 19.4 Å². The number of carbonyl (C=O) groups is 4. The number of hydrogen-bond donors (Lipinski definition) is 0. The predicted molar refractivity (Wildman–Crippen MR) is 66.2 cm³/mol. The molecule has 10 nitrogen and oxygen atoms in total. The third kappa shape index (κ3) is 15.7. The maximum absolute atomic E-state index is 10.8. The normalized spacial score (nSPS) is 9.18. The quantitative estimate of drug-likeness (QED) is 0.409. The van der Waals surface area contributed by atoms with Crippen LogP contribution >= 0.6 is 0 Å². The summed E-state index contributed by atoms with van der Waals surface area (Å²) in [4.78, 5) is 61.4. The van der Waals surface area contributed by atoms with Crippen molar-refractivity contribution in [2.45, 2.75) is 27.7 Å². The van der Waals surface area contributed by atoms with Crippen LogP contribution in [0.1, 0.15) is 27.7 Å². The first-order chi connectivity index (χ1) is 9.20. The van der Waals surface area contributed by atoms with Gasteiger partial charge in [0.15, 0.2) is 0 Å². The molecule has 0 spiro atoms. The van der Waals surface area contributed by atoms with Gasteiger partial charge in [-0.2, -0.15) is 0 Å². The molecule has 0 N–H and O–H groups in total. The Morgan fingerprint density at radius 3 is 0.955 bits per heavy atom. The summed E-state index contributed by atoms with van der Waals surface area (Å²) < 4.78 is 0. The third-order valence-electron chi connectivity index (χ3n) is 1.39. The zero-order valence-electron chi connectivity index (χ0n) is 12.9. The molecule has 0 rings (SSSR count). The van der Waals surface area contributed by atoms with Crippen LogP contribution in [-0.2, 0) is 55.6 Å². The van der Waals surface area contributed by atoms with Gasteiger partial charge in [-0.05, 0) is 0 Å². The molecular weight excluding hydrogens is 363 g/mol. The van der Waals surface area contributed by atoms with Crippen molar-refractivity contribution in [2.24, 2.45) is 0 Å². The van der Waals surface area contributed by atoms with Crippen molar-refractivity contribution in [3.8, 4) is 0 Å². The Kier molecular flexibility index (Phi) is 16.6. The van der Waals surface area contributed by atoms with Gasteiger partial charge in [-0.15, -0.1) is 0 Å². The van der Waals surface area contributed by atoms with Gasteiger partial charge in [0.25, 0.3) is 0 Å². The van der Waals surface area contributed by atoms with E-state index in [2.05, 4.69) is 19.4 Å². The van der Waals surface area contributed by atoms with Crippen LogP contribution in [0.3, 0.4) is 0 Å². The zero-order valence-corrected chi connectivity index (χ0v) is 15.8. The van der Waals surface area contributed by atoms with Crippen LogP contribution in [0.2, 0.25) is 0 Å². The van der Waals surface area contributed by atoms with Crippen LogP contribution < -0.4 is 0 Å². The molecule has 12 heteroatoms.